The van der Waals surface area contributed by atoms with Crippen molar-refractivity contribution in [3.05, 3.63) is 202 Å². The Balaban J connectivity index is 0.895. The number of ether oxygens (including phenoxy) is 1. The van der Waals surface area contributed by atoms with E-state index >= 15 is 0 Å². The molecule has 0 bridgehead atoms. The number of benzene rings is 6. The van der Waals surface area contributed by atoms with E-state index in [-0.39, 0.29) is 6.10 Å². The Morgan fingerprint density at radius 1 is 0.732 bits per heavy atom. The van der Waals surface area contributed by atoms with Crippen LogP contribution in [0.5, 0.6) is 5.75 Å². The van der Waals surface area contributed by atoms with Crippen LogP contribution in [0.4, 0.5) is 0 Å². The van der Waals surface area contributed by atoms with Crippen molar-refractivity contribution < 1.29 is 9.15 Å². The first-order valence-corrected chi connectivity index (χ1v) is 20.3. The van der Waals surface area contributed by atoms with Gasteiger partial charge in [0.05, 0.1) is 0 Å². The molecule has 1 aliphatic heterocycles. The Morgan fingerprint density at radius 3 is 2.52 bits per heavy atom. The van der Waals surface area contributed by atoms with E-state index in [2.05, 4.69) is 159 Å². The Hall–Kier alpha value is -6.12. The first-order chi connectivity index (χ1) is 27.6. The number of hydrogen-bond acceptors (Lipinski definition) is 2. The average molecular weight is 725 g/mol. The largest absolute Gasteiger partial charge is 0.489 e. The van der Waals surface area contributed by atoms with Gasteiger partial charge in [0.1, 0.15) is 23.2 Å². The van der Waals surface area contributed by atoms with Gasteiger partial charge in [-0.1, -0.05) is 128 Å². The molecule has 3 aliphatic carbocycles. The molecule has 0 saturated heterocycles. The molecular weight excluding hydrogens is 681 g/mol. The molecule has 56 heavy (non-hydrogen) atoms. The van der Waals surface area contributed by atoms with Gasteiger partial charge in [-0.05, 0) is 135 Å². The average Bonchev–Trinajstić information content (AvgIpc) is 3.79. The summed E-state index contributed by atoms with van der Waals surface area (Å²) < 4.78 is 13.3. The predicted octanol–water partition coefficient (Wildman–Crippen LogP) is 13.5. The number of furan rings is 1. The highest BCUT2D eigenvalue weighted by molar-refractivity contribution is 6.01. The van der Waals surface area contributed by atoms with Gasteiger partial charge < -0.3 is 9.15 Å². The van der Waals surface area contributed by atoms with Crippen molar-refractivity contribution in [3.8, 4) is 28.0 Å². The molecule has 7 aromatic rings. The van der Waals surface area contributed by atoms with Crippen LogP contribution in [0.2, 0.25) is 0 Å². The van der Waals surface area contributed by atoms with Gasteiger partial charge in [-0.3, -0.25) is 0 Å². The molecule has 3 atom stereocenters. The van der Waals surface area contributed by atoms with Crippen molar-refractivity contribution in [2.75, 3.05) is 0 Å². The normalized spacial score (nSPS) is 20.8. The summed E-state index contributed by atoms with van der Waals surface area (Å²) in [7, 11) is 0. The van der Waals surface area contributed by atoms with E-state index in [4.69, 9.17) is 9.15 Å². The number of hydrogen-bond donors (Lipinski definition) is 0. The van der Waals surface area contributed by atoms with Crippen LogP contribution in [-0.4, -0.2) is 6.10 Å². The highest BCUT2D eigenvalue weighted by atomic mass is 16.5. The minimum Gasteiger partial charge on any atom is -0.489 e. The topological polar surface area (TPSA) is 22.4 Å². The zero-order valence-electron chi connectivity index (χ0n) is 31.9. The molecule has 0 amide bonds. The number of rotatable bonds is 5. The Kier molecular flexibility index (Phi) is 7.88. The number of fused-ring (bicyclic) bond motifs is 8. The van der Waals surface area contributed by atoms with Crippen molar-refractivity contribution in [2.24, 2.45) is 5.92 Å². The zero-order chi connectivity index (χ0) is 37.3. The van der Waals surface area contributed by atoms with E-state index < -0.39 is 0 Å². The van der Waals surface area contributed by atoms with Gasteiger partial charge in [-0.15, -0.1) is 0 Å². The summed E-state index contributed by atoms with van der Waals surface area (Å²) in [5.74, 6) is 2.81. The summed E-state index contributed by atoms with van der Waals surface area (Å²) in [6.45, 7) is 6.86. The zero-order valence-corrected chi connectivity index (χ0v) is 31.9. The molecule has 11 rings (SSSR count). The van der Waals surface area contributed by atoms with Crippen LogP contribution in [0, 0.1) is 12.8 Å². The van der Waals surface area contributed by atoms with Crippen molar-refractivity contribution in [1.82, 2.24) is 0 Å². The summed E-state index contributed by atoms with van der Waals surface area (Å²) in [5.41, 5.74) is 18.2. The molecule has 3 unspecified atom stereocenters. The molecule has 0 fully saturated rings. The van der Waals surface area contributed by atoms with Crippen LogP contribution >= 0.6 is 0 Å². The summed E-state index contributed by atoms with van der Waals surface area (Å²) in [6.07, 6.45) is 15.2. The quantitative estimate of drug-likeness (QED) is 0.176. The van der Waals surface area contributed by atoms with Gasteiger partial charge in [-0.2, -0.15) is 0 Å². The molecule has 4 aliphatic rings. The third kappa shape index (κ3) is 5.46. The molecule has 2 heterocycles. The lowest BCUT2D eigenvalue weighted by atomic mass is 9.77. The highest BCUT2D eigenvalue weighted by Gasteiger charge is 2.41. The van der Waals surface area contributed by atoms with Crippen LogP contribution in [0.15, 0.2) is 168 Å². The molecule has 0 N–H and O–H groups in total. The van der Waals surface area contributed by atoms with E-state index in [1.807, 2.05) is 0 Å². The van der Waals surface area contributed by atoms with Crippen molar-refractivity contribution in [2.45, 2.75) is 57.5 Å². The smallest absolute Gasteiger partial charge is 0.134 e. The van der Waals surface area contributed by atoms with Crippen LogP contribution < -0.4 is 4.74 Å². The van der Waals surface area contributed by atoms with Crippen molar-refractivity contribution >= 4 is 27.3 Å². The van der Waals surface area contributed by atoms with Crippen LogP contribution in [0.3, 0.4) is 0 Å². The van der Waals surface area contributed by atoms with Gasteiger partial charge in [0.15, 0.2) is 0 Å². The predicted molar refractivity (Wildman–Crippen MR) is 231 cm³/mol. The Bertz CT molecular complexity index is 2820. The fraction of sp³-hybridized carbons (Fsp3) is 0.185. The first kappa shape index (κ1) is 33.2. The second-order valence-corrected chi connectivity index (χ2v) is 16.2. The molecule has 2 heteroatoms. The van der Waals surface area contributed by atoms with E-state index in [0.29, 0.717) is 11.8 Å². The van der Waals surface area contributed by atoms with E-state index in [1.54, 1.807) is 0 Å². The molecule has 0 radical (unpaired) electrons. The monoisotopic (exact) mass is 724 g/mol. The van der Waals surface area contributed by atoms with E-state index in [1.165, 1.54) is 88.5 Å². The summed E-state index contributed by atoms with van der Waals surface area (Å²) in [4.78, 5) is 0. The second-order valence-electron chi connectivity index (χ2n) is 16.2. The van der Waals surface area contributed by atoms with Crippen molar-refractivity contribution in [1.29, 1.82) is 0 Å². The van der Waals surface area contributed by atoms with E-state index in [0.717, 1.165) is 55.6 Å². The lowest BCUT2D eigenvalue weighted by molar-refractivity contribution is 0.187. The van der Waals surface area contributed by atoms with Crippen molar-refractivity contribution in [3.63, 3.8) is 0 Å². The number of allylic oxidation sites excluding steroid dienone is 7. The lowest BCUT2D eigenvalue weighted by Crippen LogP contribution is -2.27. The maximum atomic E-state index is 6.66. The maximum absolute atomic E-state index is 6.66. The van der Waals surface area contributed by atoms with Crippen LogP contribution in [0.1, 0.15) is 57.9 Å². The van der Waals surface area contributed by atoms with Gasteiger partial charge >= 0.3 is 0 Å². The minimum atomic E-state index is 0.101. The van der Waals surface area contributed by atoms with Crippen LogP contribution in [0.25, 0.3) is 49.6 Å². The van der Waals surface area contributed by atoms with Gasteiger partial charge in [0.25, 0.3) is 0 Å². The molecule has 6 aromatic carbocycles. The molecule has 0 spiro atoms. The number of aryl methyl sites for hydroxylation is 3. The lowest BCUT2D eigenvalue weighted by Gasteiger charge is -2.27. The molecular formula is C54H44O2. The third-order valence-electron chi connectivity index (χ3n) is 13.1. The first-order valence-electron chi connectivity index (χ1n) is 20.3. The summed E-state index contributed by atoms with van der Waals surface area (Å²) in [5, 5.41) is 3.80. The molecule has 1 aromatic heterocycles. The second kappa shape index (κ2) is 13.3. The van der Waals surface area contributed by atoms with Gasteiger partial charge in [-0.25, -0.2) is 0 Å². The summed E-state index contributed by atoms with van der Waals surface area (Å²) in [6, 6.07) is 44.5. The standard InChI is InChI=1S/C54H44O2/c1-33-41-17-9-6-12-36(41)23-25-43(33)44-19-11-7-13-37(44)22-20-35-21-26-50-46(28-35)48-31-49-47-30-40(24-27-51(47)56-53(49)32-52(48)55-50)45-29-39-16-8-10-18-42(39)34(2)54(45)38-14-4-3-5-15-38/h3-19,21,24,26-30,37,48,52H,1,20,22-23,25,31-32H2,2H3/b44-43-. The van der Waals surface area contributed by atoms with Gasteiger partial charge in [0, 0.05) is 34.8 Å². The fourth-order valence-electron chi connectivity index (χ4n) is 10.3. The fourth-order valence-corrected chi connectivity index (χ4v) is 10.3. The van der Waals surface area contributed by atoms with Crippen LogP contribution in [-0.2, 0) is 25.7 Å². The maximum Gasteiger partial charge on any atom is 0.134 e. The molecule has 272 valence electrons. The Morgan fingerprint density at radius 2 is 1.59 bits per heavy atom. The summed E-state index contributed by atoms with van der Waals surface area (Å²) >= 11 is 0. The van der Waals surface area contributed by atoms with E-state index in [9.17, 15) is 0 Å². The van der Waals surface area contributed by atoms with Gasteiger partial charge in [0.2, 0.25) is 0 Å². The minimum absolute atomic E-state index is 0.101. The third-order valence-corrected chi connectivity index (χ3v) is 13.1. The SMILES string of the molecule is C=C1/C(=C2/C=CC=CC2CCc2ccc3c(c2)C2Cc4c(oc5ccc(-c6cc7ccccc7c(C)c6-c6ccccc6)cc45)CC2O3)CCc2ccccc21. The molecule has 0 saturated carbocycles. The molecule has 2 nitrogen and oxygen atoms in total. The Labute approximate surface area is 329 Å². The highest BCUT2D eigenvalue weighted by Crippen LogP contribution is 2.49.